The molecule has 1 amide bonds. The molecular weight excluding hydrogens is 283 g/mol. The van der Waals surface area contributed by atoms with Gasteiger partial charge in [0.15, 0.2) is 0 Å². The molecule has 104 valence electrons. The van der Waals surface area contributed by atoms with Crippen molar-refractivity contribution in [2.45, 2.75) is 43.8 Å². The Hall–Kier alpha value is -0.770. The lowest BCUT2D eigenvalue weighted by Crippen LogP contribution is -2.48. The van der Waals surface area contributed by atoms with Crippen LogP contribution in [0.25, 0.3) is 0 Å². The second-order valence-electron chi connectivity index (χ2n) is 5.29. The van der Waals surface area contributed by atoms with Crippen molar-refractivity contribution in [2.24, 2.45) is 0 Å². The van der Waals surface area contributed by atoms with Gasteiger partial charge < -0.3 is 10.6 Å². The van der Waals surface area contributed by atoms with Gasteiger partial charge in [-0.15, -0.1) is 12.4 Å². The molecule has 0 spiro atoms. The van der Waals surface area contributed by atoms with Gasteiger partial charge in [-0.25, -0.2) is 0 Å². The zero-order chi connectivity index (χ0) is 12.5. The van der Waals surface area contributed by atoms with E-state index in [4.69, 9.17) is 11.6 Å². The van der Waals surface area contributed by atoms with Gasteiger partial charge in [-0.1, -0.05) is 17.7 Å². The fourth-order valence-electron chi connectivity index (χ4n) is 3.07. The fraction of sp³-hybridized carbons (Fsp3) is 0.500. The van der Waals surface area contributed by atoms with Crippen molar-refractivity contribution < 1.29 is 4.79 Å². The summed E-state index contributed by atoms with van der Waals surface area (Å²) in [7, 11) is 0. The summed E-state index contributed by atoms with van der Waals surface area (Å²) in [6, 6.07) is 8.59. The van der Waals surface area contributed by atoms with Crippen LogP contribution in [0.1, 0.15) is 36.0 Å². The van der Waals surface area contributed by atoms with E-state index in [1.54, 1.807) is 18.2 Å². The maximum absolute atomic E-state index is 12.1. The van der Waals surface area contributed by atoms with Gasteiger partial charge in [-0.05, 0) is 43.9 Å². The van der Waals surface area contributed by atoms with Crippen LogP contribution in [0.15, 0.2) is 24.3 Å². The van der Waals surface area contributed by atoms with Crippen LogP contribution in [-0.4, -0.2) is 24.0 Å². The molecule has 1 aromatic carbocycles. The Kier molecular flexibility index (Phi) is 4.71. The summed E-state index contributed by atoms with van der Waals surface area (Å²) in [5.41, 5.74) is 0.647. The van der Waals surface area contributed by atoms with Crippen molar-refractivity contribution in [1.29, 1.82) is 0 Å². The number of hydrogen-bond donors (Lipinski definition) is 2. The van der Waals surface area contributed by atoms with E-state index in [9.17, 15) is 4.79 Å². The van der Waals surface area contributed by atoms with E-state index in [0.717, 1.165) is 12.8 Å². The topological polar surface area (TPSA) is 41.1 Å². The van der Waals surface area contributed by atoms with Crippen LogP contribution < -0.4 is 10.6 Å². The zero-order valence-electron chi connectivity index (χ0n) is 10.6. The highest BCUT2D eigenvalue weighted by Gasteiger charge is 2.34. The Morgan fingerprint density at radius 2 is 1.95 bits per heavy atom. The van der Waals surface area contributed by atoms with Crippen molar-refractivity contribution in [3.8, 4) is 0 Å². The molecule has 2 bridgehead atoms. The molecule has 0 aliphatic carbocycles. The van der Waals surface area contributed by atoms with Crippen molar-refractivity contribution in [3.63, 3.8) is 0 Å². The maximum atomic E-state index is 12.1. The Bertz CT molecular complexity index is 455. The second-order valence-corrected chi connectivity index (χ2v) is 5.73. The number of rotatable bonds is 2. The van der Waals surface area contributed by atoms with Gasteiger partial charge in [0.1, 0.15) is 0 Å². The summed E-state index contributed by atoms with van der Waals surface area (Å²) < 4.78 is 0. The molecular formula is C14H18Cl2N2O. The molecule has 2 atom stereocenters. The number of piperidine rings is 1. The molecule has 2 saturated heterocycles. The summed E-state index contributed by atoms with van der Waals surface area (Å²) in [4.78, 5) is 12.1. The van der Waals surface area contributed by atoms with E-state index in [1.165, 1.54) is 12.8 Å². The van der Waals surface area contributed by atoms with Crippen molar-refractivity contribution in [2.75, 3.05) is 0 Å². The van der Waals surface area contributed by atoms with Crippen molar-refractivity contribution in [1.82, 2.24) is 10.6 Å². The van der Waals surface area contributed by atoms with Crippen molar-refractivity contribution >= 4 is 29.9 Å². The first-order valence-electron chi connectivity index (χ1n) is 6.53. The molecule has 3 nitrogen and oxygen atoms in total. The molecule has 19 heavy (non-hydrogen) atoms. The summed E-state index contributed by atoms with van der Waals surface area (Å²) in [6.07, 6.45) is 4.58. The van der Waals surface area contributed by atoms with E-state index >= 15 is 0 Å². The standard InChI is InChI=1S/C14H17ClN2O.ClH/c15-10-3-1-2-9(6-10)14(18)17-13-7-11-4-5-12(8-13)16-11;/h1-3,6,11-13,16H,4-5,7-8H2,(H,17,18);1H. The molecule has 2 heterocycles. The average molecular weight is 301 g/mol. The third-order valence-electron chi connectivity index (χ3n) is 3.90. The number of carbonyl (C=O) groups excluding carboxylic acids is 1. The first kappa shape index (κ1) is 14.6. The Morgan fingerprint density at radius 1 is 1.26 bits per heavy atom. The van der Waals surface area contributed by atoms with Crippen LogP contribution in [0, 0.1) is 0 Å². The van der Waals surface area contributed by atoms with E-state index in [2.05, 4.69) is 10.6 Å². The number of amides is 1. The quantitative estimate of drug-likeness (QED) is 0.882. The molecule has 5 heteroatoms. The van der Waals surface area contributed by atoms with Gasteiger partial charge in [-0.2, -0.15) is 0 Å². The highest BCUT2D eigenvalue weighted by molar-refractivity contribution is 6.30. The minimum atomic E-state index is -0.0104. The normalized spacial score (nSPS) is 28.6. The van der Waals surface area contributed by atoms with Crippen molar-refractivity contribution in [3.05, 3.63) is 34.9 Å². The van der Waals surface area contributed by atoms with Gasteiger partial charge in [0.2, 0.25) is 0 Å². The molecule has 2 fully saturated rings. The van der Waals surface area contributed by atoms with Crippen LogP contribution in [0.2, 0.25) is 5.02 Å². The predicted molar refractivity (Wildman–Crippen MR) is 79.1 cm³/mol. The van der Waals surface area contributed by atoms with E-state index in [0.29, 0.717) is 28.7 Å². The molecule has 1 aromatic rings. The lowest BCUT2D eigenvalue weighted by molar-refractivity contribution is 0.0924. The highest BCUT2D eigenvalue weighted by atomic mass is 35.5. The van der Waals surface area contributed by atoms with Gasteiger partial charge in [0, 0.05) is 28.7 Å². The number of fused-ring (bicyclic) bond motifs is 2. The molecule has 3 rings (SSSR count). The minimum Gasteiger partial charge on any atom is -0.349 e. The molecule has 0 saturated carbocycles. The van der Waals surface area contributed by atoms with E-state index in [-0.39, 0.29) is 18.3 Å². The SMILES string of the molecule is Cl.O=C(NC1CC2CCC(C1)N2)c1cccc(Cl)c1. The molecule has 2 aliphatic rings. The fourth-order valence-corrected chi connectivity index (χ4v) is 3.26. The first-order chi connectivity index (χ1) is 8.70. The lowest BCUT2D eigenvalue weighted by atomic mass is 9.99. The molecule has 2 aliphatic heterocycles. The smallest absolute Gasteiger partial charge is 0.251 e. The number of benzene rings is 1. The monoisotopic (exact) mass is 300 g/mol. The zero-order valence-corrected chi connectivity index (χ0v) is 12.1. The Balaban J connectivity index is 0.00000133. The third-order valence-corrected chi connectivity index (χ3v) is 4.13. The van der Waals surface area contributed by atoms with E-state index in [1.807, 2.05) is 6.07 Å². The first-order valence-corrected chi connectivity index (χ1v) is 6.91. The van der Waals surface area contributed by atoms with Crippen LogP contribution >= 0.6 is 24.0 Å². The van der Waals surface area contributed by atoms with Crippen LogP contribution in [0.5, 0.6) is 0 Å². The minimum absolute atomic E-state index is 0. The largest absolute Gasteiger partial charge is 0.349 e. The third kappa shape index (κ3) is 3.41. The Morgan fingerprint density at radius 3 is 2.58 bits per heavy atom. The highest BCUT2D eigenvalue weighted by Crippen LogP contribution is 2.27. The van der Waals surface area contributed by atoms with Crippen LogP contribution in [-0.2, 0) is 0 Å². The van der Waals surface area contributed by atoms with Gasteiger partial charge in [0.25, 0.3) is 5.91 Å². The number of nitrogens with one attached hydrogen (secondary N) is 2. The number of hydrogen-bond acceptors (Lipinski definition) is 2. The lowest BCUT2D eigenvalue weighted by Gasteiger charge is -2.29. The summed E-state index contributed by atoms with van der Waals surface area (Å²) in [5.74, 6) is -0.0104. The maximum Gasteiger partial charge on any atom is 0.251 e. The predicted octanol–water partition coefficient (Wildman–Crippen LogP) is 2.77. The summed E-state index contributed by atoms with van der Waals surface area (Å²) >= 11 is 5.90. The average Bonchev–Trinajstić information content (AvgIpc) is 2.69. The van der Waals surface area contributed by atoms with Gasteiger partial charge in [0.05, 0.1) is 0 Å². The van der Waals surface area contributed by atoms with Crippen LogP contribution in [0.3, 0.4) is 0 Å². The van der Waals surface area contributed by atoms with Gasteiger partial charge in [-0.3, -0.25) is 4.79 Å². The summed E-state index contributed by atoms with van der Waals surface area (Å²) in [5, 5.41) is 7.30. The van der Waals surface area contributed by atoms with Gasteiger partial charge >= 0.3 is 0 Å². The number of halogens is 2. The molecule has 0 aromatic heterocycles. The summed E-state index contributed by atoms with van der Waals surface area (Å²) in [6.45, 7) is 0. The number of carbonyl (C=O) groups is 1. The second kappa shape index (κ2) is 6.12. The molecule has 2 N–H and O–H groups in total. The Labute approximate surface area is 124 Å². The van der Waals surface area contributed by atoms with Crippen LogP contribution in [0.4, 0.5) is 0 Å². The molecule has 0 radical (unpaired) electrons. The van der Waals surface area contributed by atoms with E-state index < -0.39 is 0 Å². The molecule has 2 unspecified atom stereocenters.